The summed E-state index contributed by atoms with van der Waals surface area (Å²) >= 11 is 0. The lowest BCUT2D eigenvalue weighted by molar-refractivity contribution is 0.326. The van der Waals surface area contributed by atoms with Crippen LogP contribution in [0.3, 0.4) is 0 Å². The Bertz CT molecular complexity index is 974. The van der Waals surface area contributed by atoms with Gasteiger partial charge in [0.05, 0.1) is 34.0 Å². The highest BCUT2D eigenvalue weighted by molar-refractivity contribution is 5.90. The number of ether oxygens (including phenoxy) is 4. The first-order valence-corrected chi connectivity index (χ1v) is 7.54. The van der Waals surface area contributed by atoms with Gasteiger partial charge in [-0.15, -0.1) is 0 Å². The molecule has 0 radical (unpaired) electrons. The van der Waals surface area contributed by atoms with Gasteiger partial charge in [-0.25, -0.2) is 0 Å². The minimum Gasteiger partial charge on any atom is -0.496 e. The van der Waals surface area contributed by atoms with Gasteiger partial charge in [-0.05, 0) is 12.1 Å². The molecule has 0 spiro atoms. The van der Waals surface area contributed by atoms with Crippen LogP contribution < -0.4 is 24.4 Å². The van der Waals surface area contributed by atoms with Gasteiger partial charge in [0.2, 0.25) is 5.75 Å². The molecule has 0 saturated carbocycles. The fraction of sp³-hybridized carbons (Fsp3) is 0.211. The minimum atomic E-state index is -0.250. The molecule has 6 heteroatoms. The van der Waals surface area contributed by atoms with Crippen molar-refractivity contribution in [2.24, 2.45) is 0 Å². The summed E-state index contributed by atoms with van der Waals surface area (Å²) in [5, 5.41) is 0.291. The van der Waals surface area contributed by atoms with Crippen LogP contribution in [-0.4, -0.2) is 28.4 Å². The van der Waals surface area contributed by atoms with Crippen LogP contribution in [0.15, 0.2) is 45.6 Å². The van der Waals surface area contributed by atoms with Crippen LogP contribution in [-0.2, 0) is 0 Å². The Morgan fingerprint density at radius 3 is 2.12 bits per heavy atom. The maximum Gasteiger partial charge on any atom is 0.204 e. The van der Waals surface area contributed by atoms with Gasteiger partial charge in [-0.2, -0.15) is 0 Å². The summed E-state index contributed by atoms with van der Waals surface area (Å²) in [7, 11) is 6.02. The van der Waals surface area contributed by atoms with Crippen LogP contribution >= 0.6 is 0 Å². The summed E-state index contributed by atoms with van der Waals surface area (Å²) in [6.45, 7) is 0. The van der Waals surface area contributed by atoms with E-state index in [2.05, 4.69) is 0 Å². The summed E-state index contributed by atoms with van der Waals surface area (Å²) in [5.74, 6) is 2.03. The maximum atomic E-state index is 12.7. The highest BCUT2D eigenvalue weighted by Gasteiger charge is 2.21. The van der Waals surface area contributed by atoms with Crippen LogP contribution in [0.25, 0.3) is 22.3 Å². The molecule has 0 aliphatic carbocycles. The summed E-state index contributed by atoms with van der Waals surface area (Å²) in [6, 6.07) is 10.3. The van der Waals surface area contributed by atoms with Crippen molar-refractivity contribution >= 4 is 11.0 Å². The van der Waals surface area contributed by atoms with Gasteiger partial charge in [-0.1, -0.05) is 12.1 Å². The third-order valence-corrected chi connectivity index (χ3v) is 3.89. The highest BCUT2D eigenvalue weighted by atomic mass is 16.5. The Kier molecular flexibility index (Phi) is 4.52. The summed E-state index contributed by atoms with van der Waals surface area (Å²) in [5.41, 5.74) is 0.764. The molecule has 3 aromatic rings. The quantitative estimate of drug-likeness (QED) is 0.707. The van der Waals surface area contributed by atoms with Crippen LogP contribution in [0, 0.1) is 0 Å². The van der Waals surface area contributed by atoms with Crippen molar-refractivity contribution in [3.63, 3.8) is 0 Å². The van der Waals surface area contributed by atoms with Crippen molar-refractivity contribution in [2.75, 3.05) is 28.4 Å². The molecule has 0 aliphatic heterocycles. The Balaban J connectivity index is 2.35. The lowest BCUT2D eigenvalue weighted by Crippen LogP contribution is -2.05. The lowest BCUT2D eigenvalue weighted by atomic mass is 10.1. The van der Waals surface area contributed by atoms with Gasteiger partial charge in [0.1, 0.15) is 22.5 Å². The molecule has 0 fully saturated rings. The number of fused-ring (bicyclic) bond motifs is 1. The van der Waals surface area contributed by atoms with Gasteiger partial charge in [0.25, 0.3) is 0 Å². The molecule has 0 saturated heterocycles. The monoisotopic (exact) mass is 342 g/mol. The predicted octanol–water partition coefficient (Wildman–Crippen LogP) is 3.49. The molecule has 6 nitrogen and oxygen atoms in total. The topological polar surface area (TPSA) is 67.1 Å². The first-order chi connectivity index (χ1) is 12.1. The fourth-order valence-corrected chi connectivity index (χ4v) is 2.77. The number of hydrogen-bond acceptors (Lipinski definition) is 6. The van der Waals surface area contributed by atoms with E-state index in [9.17, 15) is 4.79 Å². The van der Waals surface area contributed by atoms with Gasteiger partial charge in [0.15, 0.2) is 16.9 Å². The normalized spacial score (nSPS) is 10.6. The van der Waals surface area contributed by atoms with E-state index in [-0.39, 0.29) is 11.2 Å². The molecule has 25 heavy (non-hydrogen) atoms. The summed E-state index contributed by atoms with van der Waals surface area (Å²) in [6.07, 6.45) is 0. The molecule has 1 heterocycles. The van der Waals surface area contributed by atoms with Crippen molar-refractivity contribution in [3.05, 3.63) is 46.6 Å². The molecule has 0 atom stereocenters. The van der Waals surface area contributed by atoms with Crippen LogP contribution in [0.1, 0.15) is 0 Å². The smallest absolute Gasteiger partial charge is 0.204 e. The van der Waals surface area contributed by atoms with Gasteiger partial charge < -0.3 is 23.4 Å². The second-order valence-corrected chi connectivity index (χ2v) is 5.19. The number of benzene rings is 2. The zero-order valence-electron chi connectivity index (χ0n) is 14.4. The highest BCUT2D eigenvalue weighted by Crippen LogP contribution is 2.43. The number of hydrogen-bond donors (Lipinski definition) is 0. The number of para-hydroxylation sites is 1. The maximum absolute atomic E-state index is 12.7. The largest absolute Gasteiger partial charge is 0.496 e. The van der Waals surface area contributed by atoms with E-state index >= 15 is 0 Å². The molecule has 0 aliphatic rings. The molecule has 130 valence electrons. The van der Waals surface area contributed by atoms with Crippen LogP contribution in [0.4, 0.5) is 0 Å². The van der Waals surface area contributed by atoms with Gasteiger partial charge in [-0.3, -0.25) is 4.79 Å². The second kappa shape index (κ2) is 6.76. The zero-order chi connectivity index (χ0) is 18.0. The summed E-state index contributed by atoms with van der Waals surface area (Å²) in [4.78, 5) is 12.7. The average Bonchev–Trinajstić information content (AvgIpc) is 2.65. The van der Waals surface area contributed by atoms with Crippen molar-refractivity contribution < 1.29 is 23.4 Å². The lowest BCUT2D eigenvalue weighted by Gasteiger charge is -2.14. The molecule has 3 rings (SSSR count). The van der Waals surface area contributed by atoms with Gasteiger partial charge >= 0.3 is 0 Å². The Morgan fingerprint density at radius 1 is 0.800 bits per heavy atom. The molecular weight excluding hydrogens is 324 g/mol. The van der Waals surface area contributed by atoms with Crippen molar-refractivity contribution in [3.8, 4) is 34.3 Å². The molecule has 0 amide bonds. The first-order valence-electron chi connectivity index (χ1n) is 7.54. The van der Waals surface area contributed by atoms with Crippen LogP contribution in [0.2, 0.25) is 0 Å². The van der Waals surface area contributed by atoms with E-state index in [1.165, 1.54) is 27.4 Å². The third kappa shape index (κ3) is 2.76. The Labute approximate surface area is 144 Å². The number of methoxy groups -OCH3 is 4. The molecule has 0 unspecified atom stereocenters. The Morgan fingerprint density at radius 2 is 1.48 bits per heavy atom. The molecular formula is C19H18O6. The standard InChI is InChI=1S/C19H18O6/c1-21-13-8-6-5-7-11(13)14-9-12(20)17-15(25-14)10-16(22-2)18(23-3)19(17)24-4/h5-10H,1-4H3. The molecule has 0 N–H and O–H groups in total. The Hall–Kier alpha value is -3.15. The van der Waals surface area contributed by atoms with E-state index in [0.717, 1.165) is 0 Å². The fourth-order valence-electron chi connectivity index (χ4n) is 2.77. The van der Waals surface area contributed by atoms with E-state index in [1.807, 2.05) is 18.2 Å². The van der Waals surface area contributed by atoms with E-state index in [4.69, 9.17) is 23.4 Å². The van der Waals surface area contributed by atoms with E-state index in [0.29, 0.717) is 39.5 Å². The van der Waals surface area contributed by atoms with Crippen LogP contribution in [0.5, 0.6) is 23.0 Å². The summed E-state index contributed by atoms with van der Waals surface area (Å²) < 4.78 is 27.3. The second-order valence-electron chi connectivity index (χ2n) is 5.19. The van der Waals surface area contributed by atoms with Crippen molar-refractivity contribution in [1.29, 1.82) is 0 Å². The SMILES string of the molecule is COc1ccccc1-c1cc(=O)c2c(OC)c(OC)c(OC)cc2o1. The zero-order valence-corrected chi connectivity index (χ0v) is 14.4. The predicted molar refractivity (Wildman–Crippen MR) is 94.1 cm³/mol. The third-order valence-electron chi connectivity index (χ3n) is 3.89. The minimum absolute atomic E-state index is 0.250. The van der Waals surface area contributed by atoms with E-state index < -0.39 is 0 Å². The van der Waals surface area contributed by atoms with Crippen molar-refractivity contribution in [1.82, 2.24) is 0 Å². The first kappa shape index (κ1) is 16.7. The molecule has 2 aromatic carbocycles. The number of rotatable bonds is 5. The molecule has 1 aromatic heterocycles. The van der Waals surface area contributed by atoms with Crippen molar-refractivity contribution in [2.45, 2.75) is 0 Å². The average molecular weight is 342 g/mol. The van der Waals surface area contributed by atoms with Gasteiger partial charge in [0, 0.05) is 12.1 Å². The van der Waals surface area contributed by atoms with E-state index in [1.54, 1.807) is 19.2 Å². The molecule has 0 bridgehead atoms.